The van der Waals surface area contributed by atoms with Crippen LogP contribution in [0.4, 0.5) is 0 Å². The summed E-state index contributed by atoms with van der Waals surface area (Å²) in [5.74, 6) is -2.18. The summed E-state index contributed by atoms with van der Waals surface area (Å²) in [5.41, 5.74) is 3.79. The number of hydrogen-bond donors (Lipinski definition) is 4. The van der Waals surface area contributed by atoms with E-state index >= 15 is 0 Å². The quantitative estimate of drug-likeness (QED) is 0.0641. The molecule has 2 aromatic carbocycles. The van der Waals surface area contributed by atoms with Crippen molar-refractivity contribution in [1.29, 1.82) is 0 Å². The van der Waals surface area contributed by atoms with Gasteiger partial charge in [-0.1, -0.05) is 118 Å². The molecule has 4 N–H and O–H groups in total. The highest BCUT2D eigenvalue weighted by Gasteiger charge is 2.42. The molecule has 15 heteroatoms. The van der Waals surface area contributed by atoms with Crippen molar-refractivity contribution in [1.82, 2.24) is 40.9 Å². The van der Waals surface area contributed by atoms with Gasteiger partial charge in [-0.15, -0.1) is 0 Å². The molecule has 0 spiro atoms. The summed E-state index contributed by atoms with van der Waals surface area (Å²) in [7, 11) is 5.54. The van der Waals surface area contributed by atoms with E-state index in [1.54, 1.807) is 16.8 Å². The predicted molar refractivity (Wildman–Crippen MR) is 298 cm³/mol. The second-order valence-electron chi connectivity index (χ2n) is 23.0. The third kappa shape index (κ3) is 17.4. The fourth-order valence-corrected chi connectivity index (χ4v) is 11.5. The van der Waals surface area contributed by atoms with Crippen LogP contribution in [0.15, 0.2) is 48.5 Å². The molecular formula is C60H96N8O7. The fraction of sp³-hybridized carbons (Fsp3) is 0.683. The van der Waals surface area contributed by atoms with Crippen LogP contribution in [0.25, 0.3) is 0 Å². The Kier molecular flexibility index (Phi) is 24.8. The Balaban J connectivity index is 1.36. The van der Waals surface area contributed by atoms with Crippen LogP contribution >= 0.6 is 0 Å². The molecule has 2 saturated heterocycles. The van der Waals surface area contributed by atoms with Gasteiger partial charge in [-0.3, -0.25) is 38.5 Å². The van der Waals surface area contributed by atoms with E-state index in [0.29, 0.717) is 44.6 Å². The molecular weight excluding hydrogens is 945 g/mol. The van der Waals surface area contributed by atoms with Crippen LogP contribution < -0.4 is 21.3 Å². The molecule has 2 fully saturated rings. The summed E-state index contributed by atoms with van der Waals surface area (Å²) in [6, 6.07) is 12.2. The zero-order valence-corrected chi connectivity index (χ0v) is 48.3. The molecule has 7 unspecified atom stereocenters. The lowest BCUT2D eigenvalue weighted by Gasteiger charge is -2.40. The molecule has 2 aliphatic rings. The van der Waals surface area contributed by atoms with Crippen molar-refractivity contribution in [2.45, 2.75) is 183 Å². The summed E-state index contributed by atoms with van der Waals surface area (Å²) in [6.07, 6.45) is 7.46. The zero-order valence-electron chi connectivity index (χ0n) is 48.3. The van der Waals surface area contributed by atoms with Crippen LogP contribution in [0, 0.1) is 49.4 Å². The Morgan fingerprint density at radius 3 is 1.92 bits per heavy atom. The summed E-state index contributed by atoms with van der Waals surface area (Å²) in [4.78, 5) is 105. The Labute approximate surface area is 450 Å². The maximum Gasteiger partial charge on any atom is 0.251 e. The minimum Gasteiger partial charge on any atom is -0.354 e. The third-order valence-corrected chi connectivity index (χ3v) is 16.4. The highest BCUT2D eigenvalue weighted by molar-refractivity contribution is 5.95. The number of carbonyl (C=O) groups excluding carboxylic acids is 7. The SMILES string of the molecule is CCC(C)C(C(C)CC(=O)N1CCCC1C(C)C(C)C(=O)N[C@@H](Cc1ccccc1)C(=O)N1CCC[C@@H]1C(=O)NCCCCCCNC(=O)c1ccc(C)c(C)c1)N(C)C(=O)[C@@H](NC(=O)C(C(C)C)N(C)C)C(C)C. The molecule has 10 atom stereocenters. The molecule has 7 amide bonds. The Bertz CT molecular complexity index is 2190. The summed E-state index contributed by atoms with van der Waals surface area (Å²) in [6.45, 7) is 24.1. The molecule has 15 nitrogen and oxygen atoms in total. The molecule has 0 aliphatic carbocycles. The van der Waals surface area contributed by atoms with Crippen molar-refractivity contribution >= 4 is 41.4 Å². The fourth-order valence-electron chi connectivity index (χ4n) is 11.5. The van der Waals surface area contributed by atoms with E-state index in [0.717, 1.165) is 61.6 Å². The predicted octanol–water partition coefficient (Wildman–Crippen LogP) is 7.32. The Morgan fingerprint density at radius 1 is 0.693 bits per heavy atom. The number of likely N-dealkylation sites (N-methyl/N-ethyl adjacent to an activating group) is 2. The van der Waals surface area contributed by atoms with Crippen LogP contribution in [0.1, 0.15) is 154 Å². The number of hydrogen-bond acceptors (Lipinski definition) is 8. The zero-order chi connectivity index (χ0) is 55.7. The molecule has 2 aliphatic heterocycles. The van der Waals surface area contributed by atoms with Crippen LogP contribution in [0.2, 0.25) is 0 Å². The van der Waals surface area contributed by atoms with Crippen molar-refractivity contribution in [2.24, 2.45) is 35.5 Å². The number of carbonyl (C=O) groups is 7. The van der Waals surface area contributed by atoms with E-state index < -0.39 is 24.0 Å². The molecule has 0 radical (unpaired) electrons. The number of benzene rings is 2. The van der Waals surface area contributed by atoms with Gasteiger partial charge in [0.25, 0.3) is 5.91 Å². The summed E-state index contributed by atoms with van der Waals surface area (Å²) < 4.78 is 0. The van der Waals surface area contributed by atoms with Gasteiger partial charge in [-0.05, 0) is 125 Å². The minimum absolute atomic E-state index is 0.0109. The van der Waals surface area contributed by atoms with Crippen molar-refractivity contribution < 1.29 is 33.6 Å². The van der Waals surface area contributed by atoms with E-state index in [9.17, 15) is 33.6 Å². The first-order chi connectivity index (χ1) is 35.5. The van der Waals surface area contributed by atoms with Crippen LogP contribution in [-0.4, -0.2) is 145 Å². The first-order valence-corrected chi connectivity index (χ1v) is 28.3. The van der Waals surface area contributed by atoms with Crippen LogP contribution in [0.5, 0.6) is 0 Å². The average molecular weight is 1040 g/mol. The first-order valence-electron chi connectivity index (χ1n) is 28.3. The molecule has 2 heterocycles. The first kappa shape index (κ1) is 62.2. The van der Waals surface area contributed by atoms with Crippen molar-refractivity contribution in [3.05, 3.63) is 70.8 Å². The van der Waals surface area contributed by atoms with E-state index in [1.807, 2.05) is 135 Å². The molecule has 0 aromatic heterocycles. The van der Waals surface area contributed by atoms with Gasteiger partial charge in [0.05, 0.1) is 6.04 Å². The number of likely N-dealkylation sites (tertiary alicyclic amines) is 2. The minimum atomic E-state index is -0.897. The highest BCUT2D eigenvalue weighted by Crippen LogP contribution is 2.33. The van der Waals surface area contributed by atoms with Crippen LogP contribution in [-0.2, 0) is 35.2 Å². The maximum absolute atomic E-state index is 14.6. The van der Waals surface area contributed by atoms with Gasteiger partial charge in [-0.2, -0.15) is 0 Å². The topological polar surface area (TPSA) is 181 Å². The highest BCUT2D eigenvalue weighted by atomic mass is 16.2. The molecule has 2 aromatic rings. The molecule has 75 heavy (non-hydrogen) atoms. The molecule has 418 valence electrons. The van der Waals surface area contributed by atoms with Gasteiger partial charge in [0.15, 0.2) is 0 Å². The third-order valence-electron chi connectivity index (χ3n) is 16.4. The number of nitrogens with one attached hydrogen (secondary N) is 4. The normalized spacial score (nSPS) is 18.9. The Hall–Kier alpha value is -5.31. The van der Waals surface area contributed by atoms with E-state index in [2.05, 4.69) is 35.1 Å². The lowest BCUT2D eigenvalue weighted by Crippen LogP contribution is -2.58. The van der Waals surface area contributed by atoms with Crippen molar-refractivity contribution in [2.75, 3.05) is 47.3 Å². The number of rotatable bonds is 28. The summed E-state index contributed by atoms with van der Waals surface area (Å²) >= 11 is 0. The monoisotopic (exact) mass is 1040 g/mol. The Morgan fingerprint density at radius 2 is 1.32 bits per heavy atom. The largest absolute Gasteiger partial charge is 0.354 e. The van der Waals surface area contributed by atoms with Crippen molar-refractivity contribution in [3.8, 4) is 0 Å². The number of amides is 7. The van der Waals surface area contributed by atoms with Gasteiger partial charge in [-0.25, -0.2) is 0 Å². The van der Waals surface area contributed by atoms with Gasteiger partial charge in [0.1, 0.15) is 18.1 Å². The maximum atomic E-state index is 14.6. The van der Waals surface area contributed by atoms with Gasteiger partial charge >= 0.3 is 0 Å². The van der Waals surface area contributed by atoms with Gasteiger partial charge in [0.2, 0.25) is 35.4 Å². The van der Waals surface area contributed by atoms with E-state index in [4.69, 9.17) is 0 Å². The lowest BCUT2D eigenvalue weighted by molar-refractivity contribution is -0.143. The smallest absolute Gasteiger partial charge is 0.251 e. The molecule has 0 saturated carbocycles. The summed E-state index contributed by atoms with van der Waals surface area (Å²) in [5, 5.41) is 12.3. The molecule has 4 rings (SSSR count). The second-order valence-corrected chi connectivity index (χ2v) is 23.0. The standard InChI is InChI=1S/C60H96N8O7/c1-15-40(6)54(66(14)60(75)52(38(2)3)64-58(73)53(39(4)5)65(12)13)43(9)36-51(69)67-33-23-27-49(67)44(10)45(11)55(70)63-48(37-46-25-19-18-20-26-46)59(74)68-34-24-28-50(68)57(72)62-32-22-17-16-21-31-61-56(71)47-30-29-41(7)42(8)35-47/h18-20,25-26,29-30,35,38-40,43-45,48-50,52-54H,15-17,21-24,27-28,31-34,36-37H2,1-14H3,(H,61,71)(H,62,72)(H,63,70)(H,64,73)/t40?,43?,44?,45?,48-,49?,50+,52-,53?,54?/m0/s1. The van der Waals surface area contributed by atoms with Crippen LogP contribution in [0.3, 0.4) is 0 Å². The van der Waals surface area contributed by atoms with E-state index in [1.165, 1.54) is 0 Å². The molecule has 0 bridgehead atoms. The van der Waals surface area contributed by atoms with Gasteiger partial charge < -0.3 is 36.0 Å². The number of unbranched alkanes of at least 4 members (excludes halogenated alkanes) is 3. The lowest BCUT2D eigenvalue weighted by atomic mass is 9.84. The van der Waals surface area contributed by atoms with E-state index in [-0.39, 0.29) is 102 Å². The average Bonchev–Trinajstić information content (AvgIpc) is 4.08. The number of aryl methyl sites for hydroxylation is 2. The van der Waals surface area contributed by atoms with Crippen molar-refractivity contribution in [3.63, 3.8) is 0 Å². The van der Waals surface area contributed by atoms with Gasteiger partial charge in [0, 0.05) is 69.6 Å². The second kappa shape index (κ2) is 29.8. The number of nitrogens with zero attached hydrogens (tertiary/aromatic N) is 4.